The molecule has 0 heterocycles. The van der Waals surface area contributed by atoms with E-state index in [2.05, 4.69) is 13.8 Å². The van der Waals surface area contributed by atoms with Gasteiger partial charge in [-0.05, 0) is 29.7 Å². The molecule has 18 heavy (non-hydrogen) atoms. The molecule has 0 spiro atoms. The summed E-state index contributed by atoms with van der Waals surface area (Å²) in [6, 6.07) is 0. The van der Waals surface area contributed by atoms with Crippen molar-refractivity contribution in [3.8, 4) is 0 Å². The van der Waals surface area contributed by atoms with Gasteiger partial charge >= 0.3 is 0 Å². The molecule has 0 saturated heterocycles. The van der Waals surface area contributed by atoms with Crippen molar-refractivity contribution in [2.45, 2.75) is 40.0 Å². The maximum atomic E-state index is 12.2. The van der Waals surface area contributed by atoms with Crippen LogP contribution >= 0.6 is 0 Å². The van der Waals surface area contributed by atoms with Crippen LogP contribution in [0.4, 0.5) is 0 Å². The fourth-order valence-corrected chi connectivity index (χ4v) is 3.71. The first-order chi connectivity index (χ1) is 8.39. The molecule has 0 aromatic carbocycles. The van der Waals surface area contributed by atoms with E-state index in [0.29, 0.717) is 6.42 Å². The van der Waals surface area contributed by atoms with E-state index in [9.17, 15) is 15.0 Å². The minimum atomic E-state index is -0.168. The number of carbonyl (C=O) groups is 1. The summed E-state index contributed by atoms with van der Waals surface area (Å²) in [5, 5.41) is 19.1. The summed E-state index contributed by atoms with van der Waals surface area (Å²) in [5.74, 6) is 0.364. The monoisotopic (exact) mass is 252 g/mol. The Morgan fingerprint density at radius 3 is 2.56 bits per heavy atom. The smallest absolute Gasteiger partial charge is 0.136 e. The van der Waals surface area contributed by atoms with Gasteiger partial charge in [0.05, 0.1) is 13.2 Å². The van der Waals surface area contributed by atoms with Gasteiger partial charge in [0.2, 0.25) is 0 Å². The molecule has 0 aliphatic heterocycles. The van der Waals surface area contributed by atoms with Crippen molar-refractivity contribution in [1.82, 2.24) is 0 Å². The molecule has 0 bridgehead atoms. The van der Waals surface area contributed by atoms with E-state index in [4.69, 9.17) is 0 Å². The van der Waals surface area contributed by atoms with Crippen LogP contribution in [0.2, 0.25) is 0 Å². The van der Waals surface area contributed by atoms with Crippen molar-refractivity contribution in [3.05, 3.63) is 11.1 Å². The molecule has 0 aromatic heterocycles. The third kappa shape index (κ3) is 2.26. The molecule has 1 fully saturated rings. The Kier molecular flexibility index (Phi) is 3.65. The zero-order chi connectivity index (χ0) is 13.5. The number of rotatable bonds is 2. The van der Waals surface area contributed by atoms with Gasteiger partial charge in [-0.25, -0.2) is 0 Å². The van der Waals surface area contributed by atoms with Crippen LogP contribution in [0.1, 0.15) is 40.0 Å². The van der Waals surface area contributed by atoms with Gasteiger partial charge in [-0.1, -0.05) is 26.3 Å². The molecule has 3 heteroatoms. The third-order valence-electron chi connectivity index (χ3n) is 4.74. The lowest BCUT2D eigenvalue weighted by Gasteiger charge is -2.20. The second kappa shape index (κ2) is 4.78. The number of aliphatic hydroxyl groups excluding tert-OH is 2. The van der Waals surface area contributed by atoms with Crippen molar-refractivity contribution in [2.75, 3.05) is 13.2 Å². The summed E-state index contributed by atoms with van der Waals surface area (Å²) in [5.41, 5.74) is 2.39. The summed E-state index contributed by atoms with van der Waals surface area (Å²) in [6.45, 7) is 6.38. The van der Waals surface area contributed by atoms with Crippen molar-refractivity contribution in [1.29, 1.82) is 0 Å². The summed E-state index contributed by atoms with van der Waals surface area (Å²) in [7, 11) is 0. The molecule has 2 rings (SSSR count). The summed E-state index contributed by atoms with van der Waals surface area (Å²) < 4.78 is 0. The highest BCUT2D eigenvalue weighted by molar-refractivity contribution is 5.82. The van der Waals surface area contributed by atoms with Gasteiger partial charge in [0.25, 0.3) is 0 Å². The van der Waals surface area contributed by atoms with Crippen LogP contribution in [0.25, 0.3) is 0 Å². The predicted octanol–water partition coefficient (Wildman–Crippen LogP) is 1.93. The molecule has 2 aliphatic carbocycles. The van der Waals surface area contributed by atoms with Crippen molar-refractivity contribution >= 4 is 5.78 Å². The van der Waals surface area contributed by atoms with Gasteiger partial charge in [0, 0.05) is 18.3 Å². The first-order valence-electron chi connectivity index (χ1n) is 6.86. The molecule has 0 radical (unpaired) electrons. The van der Waals surface area contributed by atoms with Crippen LogP contribution < -0.4 is 0 Å². The molecule has 102 valence electrons. The Morgan fingerprint density at radius 2 is 2.00 bits per heavy atom. The van der Waals surface area contributed by atoms with Crippen LogP contribution in [0.3, 0.4) is 0 Å². The number of ketones is 1. The lowest BCUT2D eigenvalue weighted by molar-refractivity contribution is -0.124. The quantitative estimate of drug-likeness (QED) is 0.738. The maximum Gasteiger partial charge on any atom is 0.136 e. The van der Waals surface area contributed by atoms with E-state index in [0.717, 1.165) is 18.4 Å². The van der Waals surface area contributed by atoms with Gasteiger partial charge in [-0.3, -0.25) is 4.79 Å². The molecular formula is C15H24O3. The highest BCUT2D eigenvalue weighted by atomic mass is 16.3. The first-order valence-corrected chi connectivity index (χ1v) is 6.86. The van der Waals surface area contributed by atoms with E-state index in [1.54, 1.807) is 0 Å². The fourth-order valence-electron chi connectivity index (χ4n) is 3.71. The largest absolute Gasteiger partial charge is 0.396 e. The van der Waals surface area contributed by atoms with Crippen LogP contribution in [0.5, 0.6) is 0 Å². The van der Waals surface area contributed by atoms with Crippen LogP contribution in [0, 0.1) is 23.2 Å². The van der Waals surface area contributed by atoms with Crippen molar-refractivity contribution < 1.29 is 15.0 Å². The molecule has 1 saturated carbocycles. The number of fused-ring (bicyclic) bond motifs is 1. The maximum absolute atomic E-state index is 12.2. The fraction of sp³-hybridized carbons (Fsp3) is 0.800. The standard InChI is InChI=1S/C15H24O3/c1-9-11-5-15(2,3)6-12(11)13(8-17)10(7-16)4-14(9)18/h9-11,16-17H,4-8H2,1-3H3. The Balaban J connectivity index is 2.46. The van der Waals surface area contributed by atoms with Crippen molar-refractivity contribution in [3.63, 3.8) is 0 Å². The summed E-state index contributed by atoms with van der Waals surface area (Å²) in [4.78, 5) is 12.2. The minimum Gasteiger partial charge on any atom is -0.396 e. The predicted molar refractivity (Wildman–Crippen MR) is 70.0 cm³/mol. The molecular weight excluding hydrogens is 228 g/mol. The van der Waals surface area contributed by atoms with E-state index >= 15 is 0 Å². The molecule has 3 unspecified atom stereocenters. The van der Waals surface area contributed by atoms with Gasteiger partial charge in [-0.2, -0.15) is 0 Å². The first kappa shape index (κ1) is 13.8. The molecule has 0 amide bonds. The number of Topliss-reactive ketones (excluding diaryl/α,β-unsaturated/α-hetero) is 1. The minimum absolute atomic E-state index is 0.0207. The average Bonchev–Trinajstić information content (AvgIpc) is 2.59. The number of hydrogen-bond donors (Lipinski definition) is 2. The third-order valence-corrected chi connectivity index (χ3v) is 4.74. The van der Waals surface area contributed by atoms with E-state index in [1.165, 1.54) is 5.57 Å². The molecule has 2 N–H and O–H groups in total. The van der Waals surface area contributed by atoms with Crippen LogP contribution in [-0.2, 0) is 4.79 Å². The number of allylic oxidation sites excluding steroid dienone is 1. The number of hydrogen-bond acceptors (Lipinski definition) is 3. The van der Waals surface area contributed by atoms with Crippen LogP contribution in [0.15, 0.2) is 11.1 Å². The van der Waals surface area contributed by atoms with Gasteiger partial charge in [-0.15, -0.1) is 0 Å². The zero-order valence-corrected chi connectivity index (χ0v) is 11.6. The average molecular weight is 252 g/mol. The molecule has 0 aromatic rings. The lowest BCUT2D eigenvalue weighted by Crippen LogP contribution is -2.21. The highest BCUT2D eigenvalue weighted by Gasteiger charge is 2.44. The summed E-state index contributed by atoms with van der Waals surface area (Å²) in [6.07, 6.45) is 2.34. The zero-order valence-electron chi connectivity index (χ0n) is 11.6. The Bertz CT molecular complexity index is 381. The highest BCUT2D eigenvalue weighted by Crippen LogP contribution is 2.51. The number of carbonyl (C=O) groups excluding carboxylic acids is 1. The van der Waals surface area contributed by atoms with E-state index in [1.807, 2.05) is 6.92 Å². The van der Waals surface area contributed by atoms with Crippen molar-refractivity contribution in [2.24, 2.45) is 23.2 Å². The second-order valence-corrected chi connectivity index (χ2v) is 6.70. The Labute approximate surface area is 109 Å². The van der Waals surface area contributed by atoms with Gasteiger partial charge in [0.15, 0.2) is 0 Å². The van der Waals surface area contributed by atoms with E-state index < -0.39 is 0 Å². The molecule has 3 nitrogen and oxygen atoms in total. The number of aliphatic hydroxyl groups is 2. The lowest BCUT2D eigenvalue weighted by atomic mass is 9.84. The Hall–Kier alpha value is -0.670. The van der Waals surface area contributed by atoms with Gasteiger partial charge in [0.1, 0.15) is 5.78 Å². The Morgan fingerprint density at radius 1 is 1.33 bits per heavy atom. The topological polar surface area (TPSA) is 57.5 Å². The van der Waals surface area contributed by atoms with Crippen LogP contribution in [-0.4, -0.2) is 29.2 Å². The molecule has 2 aliphatic rings. The normalized spacial score (nSPS) is 35.6. The summed E-state index contributed by atoms with van der Waals surface area (Å²) >= 11 is 0. The van der Waals surface area contributed by atoms with E-state index in [-0.39, 0.29) is 42.2 Å². The van der Waals surface area contributed by atoms with Gasteiger partial charge < -0.3 is 10.2 Å². The second-order valence-electron chi connectivity index (χ2n) is 6.70. The SMILES string of the molecule is CC1C(=O)CC(CO)C(CO)=C2CC(C)(C)CC21. The molecule has 3 atom stereocenters.